The predicted molar refractivity (Wildman–Crippen MR) is 108 cm³/mol. The monoisotopic (exact) mass is 404 g/mol. The normalized spacial score (nSPS) is 12.6. The standard InChI is InChI=1S/C18H24N6O3S/c1-18(2,3)24-15-13(11-20-24)16(25)22-17(21-15)19-10-12-8-6-7-9-14(12)28(26,27)23(4)5/h6-9,11H,10H2,1-5H3,(H2,19,21,22,25). The SMILES string of the molecule is CN(C)S(=O)(=O)c1ccccc1CNc1nc2c(cnn2C(C)(C)C)c(=O)[nH]1. The van der Waals surface area contributed by atoms with Gasteiger partial charge in [-0.15, -0.1) is 0 Å². The van der Waals surface area contributed by atoms with E-state index in [0.717, 1.165) is 0 Å². The predicted octanol–water partition coefficient (Wildman–Crippen LogP) is 1.74. The molecule has 0 saturated heterocycles. The van der Waals surface area contributed by atoms with Crippen molar-refractivity contribution in [2.45, 2.75) is 37.8 Å². The number of nitrogens with one attached hydrogen (secondary N) is 2. The van der Waals surface area contributed by atoms with Gasteiger partial charge in [-0.2, -0.15) is 10.1 Å². The van der Waals surface area contributed by atoms with Crippen molar-refractivity contribution in [2.24, 2.45) is 0 Å². The Morgan fingerprint density at radius 3 is 2.54 bits per heavy atom. The summed E-state index contributed by atoms with van der Waals surface area (Å²) in [6, 6.07) is 6.72. The zero-order valence-electron chi connectivity index (χ0n) is 16.5. The number of hydrogen-bond acceptors (Lipinski definition) is 6. The lowest BCUT2D eigenvalue weighted by atomic mass is 10.1. The lowest BCUT2D eigenvalue weighted by Crippen LogP contribution is -2.25. The maximum absolute atomic E-state index is 12.5. The number of rotatable bonds is 5. The first-order chi connectivity index (χ1) is 13.0. The fourth-order valence-corrected chi connectivity index (χ4v) is 3.89. The van der Waals surface area contributed by atoms with Crippen LogP contribution < -0.4 is 10.9 Å². The topological polar surface area (TPSA) is 113 Å². The van der Waals surface area contributed by atoms with Crippen molar-refractivity contribution in [1.82, 2.24) is 24.1 Å². The molecule has 9 nitrogen and oxygen atoms in total. The summed E-state index contributed by atoms with van der Waals surface area (Å²) in [5, 5.41) is 7.70. The van der Waals surface area contributed by atoms with Crippen molar-refractivity contribution in [3.05, 3.63) is 46.4 Å². The van der Waals surface area contributed by atoms with E-state index in [9.17, 15) is 13.2 Å². The molecule has 0 fully saturated rings. The largest absolute Gasteiger partial charge is 0.352 e. The highest BCUT2D eigenvalue weighted by molar-refractivity contribution is 7.89. The zero-order chi connectivity index (χ0) is 20.7. The van der Waals surface area contributed by atoms with Gasteiger partial charge in [0.2, 0.25) is 16.0 Å². The van der Waals surface area contributed by atoms with Crippen molar-refractivity contribution >= 4 is 27.0 Å². The Kier molecular flexibility index (Phi) is 5.02. The van der Waals surface area contributed by atoms with Gasteiger partial charge in [-0.25, -0.2) is 17.4 Å². The molecule has 3 aromatic rings. The Bertz CT molecular complexity index is 1170. The fourth-order valence-electron chi connectivity index (χ4n) is 2.77. The summed E-state index contributed by atoms with van der Waals surface area (Å²) >= 11 is 0. The van der Waals surface area contributed by atoms with Crippen LogP contribution in [0.5, 0.6) is 0 Å². The molecule has 0 aliphatic heterocycles. The molecule has 0 aliphatic rings. The third kappa shape index (κ3) is 3.65. The Hall–Kier alpha value is -2.72. The van der Waals surface area contributed by atoms with E-state index in [1.165, 1.54) is 24.6 Å². The van der Waals surface area contributed by atoms with Gasteiger partial charge in [0.15, 0.2) is 5.65 Å². The van der Waals surface area contributed by atoms with Crippen LogP contribution in [0.1, 0.15) is 26.3 Å². The van der Waals surface area contributed by atoms with Gasteiger partial charge in [0.05, 0.1) is 16.6 Å². The van der Waals surface area contributed by atoms with Gasteiger partial charge in [-0.3, -0.25) is 9.78 Å². The first-order valence-corrected chi connectivity index (χ1v) is 10.2. The Morgan fingerprint density at radius 2 is 1.89 bits per heavy atom. The number of aromatic nitrogens is 4. The quantitative estimate of drug-likeness (QED) is 0.670. The summed E-state index contributed by atoms with van der Waals surface area (Å²) in [6.07, 6.45) is 1.50. The van der Waals surface area contributed by atoms with Crippen molar-refractivity contribution in [3.63, 3.8) is 0 Å². The molecule has 150 valence electrons. The number of hydrogen-bond donors (Lipinski definition) is 2. The summed E-state index contributed by atoms with van der Waals surface area (Å²) in [6.45, 7) is 6.09. The van der Waals surface area contributed by atoms with Crippen molar-refractivity contribution in [3.8, 4) is 0 Å². The second-order valence-corrected chi connectivity index (χ2v) is 9.75. The molecular formula is C18H24N6O3S. The average Bonchev–Trinajstić information content (AvgIpc) is 3.05. The Morgan fingerprint density at radius 1 is 1.21 bits per heavy atom. The Labute approximate surface area is 163 Å². The van der Waals surface area contributed by atoms with Crippen molar-refractivity contribution in [1.29, 1.82) is 0 Å². The lowest BCUT2D eigenvalue weighted by Gasteiger charge is -2.20. The van der Waals surface area contributed by atoms with E-state index in [2.05, 4.69) is 20.4 Å². The minimum absolute atomic E-state index is 0.182. The van der Waals surface area contributed by atoms with E-state index in [1.807, 2.05) is 20.8 Å². The molecule has 0 saturated carbocycles. The molecule has 0 aliphatic carbocycles. The zero-order valence-corrected chi connectivity index (χ0v) is 17.3. The van der Waals surface area contributed by atoms with Gasteiger partial charge in [-0.05, 0) is 32.4 Å². The first kappa shape index (κ1) is 20.0. The molecule has 0 radical (unpaired) electrons. The van der Waals surface area contributed by atoms with Crippen LogP contribution in [0, 0.1) is 0 Å². The molecule has 2 N–H and O–H groups in total. The highest BCUT2D eigenvalue weighted by Gasteiger charge is 2.22. The molecule has 0 atom stereocenters. The van der Waals surface area contributed by atoms with Gasteiger partial charge in [0.25, 0.3) is 5.56 Å². The second-order valence-electron chi connectivity index (χ2n) is 7.63. The van der Waals surface area contributed by atoms with E-state index in [0.29, 0.717) is 16.6 Å². The number of anilines is 1. The van der Waals surface area contributed by atoms with E-state index in [-0.39, 0.29) is 28.5 Å². The molecule has 1 aromatic carbocycles. The van der Waals surface area contributed by atoms with Crippen LogP contribution in [0.3, 0.4) is 0 Å². The Balaban J connectivity index is 1.97. The third-order valence-corrected chi connectivity index (χ3v) is 6.17. The van der Waals surface area contributed by atoms with Crippen LogP contribution in [0.15, 0.2) is 40.2 Å². The summed E-state index contributed by atoms with van der Waals surface area (Å²) in [4.78, 5) is 19.7. The van der Waals surface area contributed by atoms with Crippen LogP contribution in [0.25, 0.3) is 11.0 Å². The number of benzene rings is 1. The molecular weight excluding hydrogens is 380 g/mol. The molecule has 0 unspecified atom stereocenters. The maximum Gasteiger partial charge on any atom is 0.263 e. The van der Waals surface area contributed by atoms with Gasteiger partial charge >= 0.3 is 0 Å². The maximum atomic E-state index is 12.5. The number of sulfonamides is 1. The number of fused-ring (bicyclic) bond motifs is 1. The number of aromatic amines is 1. The first-order valence-electron chi connectivity index (χ1n) is 8.74. The minimum Gasteiger partial charge on any atom is -0.352 e. The van der Waals surface area contributed by atoms with Gasteiger partial charge < -0.3 is 5.32 Å². The third-order valence-electron chi connectivity index (χ3n) is 4.25. The lowest BCUT2D eigenvalue weighted by molar-refractivity contribution is 0.366. The molecule has 3 rings (SSSR count). The molecule has 2 aromatic heterocycles. The smallest absolute Gasteiger partial charge is 0.263 e. The van der Waals surface area contributed by atoms with E-state index in [4.69, 9.17) is 0 Å². The molecule has 0 amide bonds. The van der Waals surface area contributed by atoms with Crippen LogP contribution in [0.4, 0.5) is 5.95 Å². The molecule has 0 spiro atoms. The molecule has 10 heteroatoms. The van der Waals surface area contributed by atoms with Crippen molar-refractivity contribution < 1.29 is 8.42 Å². The van der Waals surface area contributed by atoms with Crippen LogP contribution in [-0.4, -0.2) is 46.6 Å². The van der Waals surface area contributed by atoms with Crippen LogP contribution in [0.2, 0.25) is 0 Å². The summed E-state index contributed by atoms with van der Waals surface area (Å²) < 4.78 is 27.9. The van der Waals surface area contributed by atoms with Gasteiger partial charge in [0, 0.05) is 20.6 Å². The van der Waals surface area contributed by atoms with Gasteiger partial charge in [-0.1, -0.05) is 18.2 Å². The average molecular weight is 404 g/mol. The van der Waals surface area contributed by atoms with E-state index >= 15 is 0 Å². The van der Waals surface area contributed by atoms with Gasteiger partial charge in [0.1, 0.15) is 5.39 Å². The van der Waals surface area contributed by atoms with E-state index in [1.54, 1.807) is 28.9 Å². The number of H-pyrrole nitrogens is 1. The molecule has 0 bridgehead atoms. The fraction of sp³-hybridized carbons (Fsp3) is 0.389. The summed E-state index contributed by atoms with van der Waals surface area (Å²) in [5.74, 6) is 0.251. The van der Waals surface area contributed by atoms with Crippen LogP contribution >= 0.6 is 0 Å². The van der Waals surface area contributed by atoms with E-state index < -0.39 is 10.0 Å². The van der Waals surface area contributed by atoms with Crippen molar-refractivity contribution in [2.75, 3.05) is 19.4 Å². The highest BCUT2D eigenvalue weighted by atomic mass is 32.2. The molecule has 28 heavy (non-hydrogen) atoms. The van der Waals surface area contributed by atoms with Crippen LogP contribution in [-0.2, 0) is 22.1 Å². The number of nitrogens with zero attached hydrogens (tertiary/aromatic N) is 4. The second kappa shape index (κ2) is 7.02. The molecule has 2 heterocycles. The summed E-state index contributed by atoms with van der Waals surface area (Å²) in [7, 11) is -0.612. The summed E-state index contributed by atoms with van der Waals surface area (Å²) in [5.41, 5.74) is 0.389. The minimum atomic E-state index is -3.59. The highest BCUT2D eigenvalue weighted by Crippen LogP contribution is 2.21.